The molecule has 0 aliphatic carbocycles. The van der Waals surface area contributed by atoms with Gasteiger partial charge in [0, 0.05) is 18.7 Å². The lowest BCUT2D eigenvalue weighted by Gasteiger charge is -2.33. The monoisotopic (exact) mass is 399 g/mol. The zero-order valence-electron chi connectivity index (χ0n) is 14.3. The quantitative estimate of drug-likeness (QED) is 0.512. The molecule has 0 fully saturated rings. The number of hydrogen-bond acceptors (Lipinski definition) is 6. The Balaban J connectivity index is 1.47. The summed E-state index contributed by atoms with van der Waals surface area (Å²) < 4.78 is 16.3. The SMILES string of the molecule is CC1c2nnc(-c3nc4ccsc4s3)n2CCN1C(=O)c1ccc(F)cc1. The molecule has 4 heterocycles. The van der Waals surface area contributed by atoms with Crippen molar-refractivity contribution in [2.45, 2.75) is 19.5 Å². The highest BCUT2D eigenvalue weighted by Crippen LogP contribution is 2.35. The fraction of sp³-hybridized carbons (Fsp3) is 0.222. The third kappa shape index (κ3) is 2.65. The second kappa shape index (κ2) is 6.21. The number of aromatic nitrogens is 4. The maximum atomic E-state index is 13.1. The molecule has 0 saturated heterocycles. The summed E-state index contributed by atoms with van der Waals surface area (Å²) in [5.41, 5.74) is 1.45. The number of carbonyl (C=O) groups is 1. The lowest BCUT2D eigenvalue weighted by molar-refractivity contribution is 0.0638. The van der Waals surface area contributed by atoms with E-state index in [1.807, 2.05) is 22.9 Å². The molecule has 27 heavy (non-hydrogen) atoms. The molecular formula is C18H14FN5OS2. The molecule has 1 aromatic carbocycles. The standard InChI is InChI=1S/C18H14FN5OS2/c1-10-14-21-22-15(16-20-13-6-9-26-18(13)27-16)24(14)8-7-23(10)17(25)11-2-4-12(19)5-3-11/h2-6,9-10H,7-8H2,1H3. The first kappa shape index (κ1) is 16.5. The molecule has 136 valence electrons. The van der Waals surface area contributed by atoms with Crippen LogP contribution in [0.1, 0.15) is 29.1 Å². The Morgan fingerprint density at radius 1 is 1.19 bits per heavy atom. The van der Waals surface area contributed by atoms with Crippen LogP contribution >= 0.6 is 22.7 Å². The van der Waals surface area contributed by atoms with Crippen LogP contribution in [0.5, 0.6) is 0 Å². The van der Waals surface area contributed by atoms with E-state index in [9.17, 15) is 9.18 Å². The molecule has 1 aliphatic heterocycles. The van der Waals surface area contributed by atoms with Gasteiger partial charge in [0.25, 0.3) is 5.91 Å². The van der Waals surface area contributed by atoms with Crippen LogP contribution < -0.4 is 0 Å². The Morgan fingerprint density at radius 3 is 2.78 bits per heavy atom. The molecular weight excluding hydrogens is 385 g/mol. The van der Waals surface area contributed by atoms with Gasteiger partial charge in [-0.3, -0.25) is 4.79 Å². The van der Waals surface area contributed by atoms with Crippen LogP contribution in [0.4, 0.5) is 4.39 Å². The van der Waals surface area contributed by atoms with E-state index in [0.717, 1.165) is 22.2 Å². The fourth-order valence-corrected chi connectivity index (χ4v) is 5.27. The van der Waals surface area contributed by atoms with Gasteiger partial charge in [-0.2, -0.15) is 0 Å². The molecule has 0 bridgehead atoms. The molecule has 1 unspecified atom stereocenters. The minimum atomic E-state index is -0.356. The lowest BCUT2D eigenvalue weighted by atomic mass is 10.1. The number of thiazole rings is 1. The van der Waals surface area contributed by atoms with Crippen LogP contribution in [-0.4, -0.2) is 37.1 Å². The summed E-state index contributed by atoms with van der Waals surface area (Å²) in [7, 11) is 0. The molecule has 0 radical (unpaired) electrons. The topological polar surface area (TPSA) is 63.9 Å². The molecule has 1 aliphatic rings. The summed E-state index contributed by atoms with van der Waals surface area (Å²) in [6, 6.07) is 7.40. The van der Waals surface area contributed by atoms with Gasteiger partial charge >= 0.3 is 0 Å². The van der Waals surface area contributed by atoms with Gasteiger partial charge in [-0.05, 0) is 42.6 Å². The summed E-state index contributed by atoms with van der Waals surface area (Å²) in [6.07, 6.45) is 0. The summed E-state index contributed by atoms with van der Waals surface area (Å²) in [4.78, 5) is 19.2. The van der Waals surface area contributed by atoms with Crippen LogP contribution in [0.3, 0.4) is 0 Å². The predicted molar refractivity (Wildman–Crippen MR) is 102 cm³/mol. The Labute approximate surface area is 161 Å². The first-order valence-corrected chi connectivity index (χ1v) is 10.2. The van der Waals surface area contributed by atoms with Crippen molar-refractivity contribution in [2.75, 3.05) is 6.54 Å². The van der Waals surface area contributed by atoms with Crippen molar-refractivity contribution in [2.24, 2.45) is 0 Å². The highest BCUT2D eigenvalue weighted by Gasteiger charge is 2.32. The van der Waals surface area contributed by atoms with E-state index in [0.29, 0.717) is 18.7 Å². The molecule has 1 amide bonds. The van der Waals surface area contributed by atoms with Gasteiger partial charge < -0.3 is 9.47 Å². The van der Waals surface area contributed by atoms with Crippen LogP contribution in [0, 0.1) is 5.82 Å². The second-order valence-corrected chi connectivity index (χ2v) is 8.50. The minimum Gasteiger partial charge on any atom is -0.327 e. The first-order valence-electron chi connectivity index (χ1n) is 8.46. The third-order valence-corrected chi connectivity index (χ3v) is 6.85. The Bertz CT molecular complexity index is 1120. The van der Waals surface area contributed by atoms with Gasteiger partial charge in [-0.25, -0.2) is 9.37 Å². The summed E-state index contributed by atoms with van der Waals surface area (Å²) in [5.74, 6) is 1.00. The van der Waals surface area contributed by atoms with Crippen LogP contribution in [0.15, 0.2) is 35.7 Å². The van der Waals surface area contributed by atoms with E-state index in [1.54, 1.807) is 27.6 Å². The van der Waals surface area contributed by atoms with Crippen molar-refractivity contribution < 1.29 is 9.18 Å². The Hall–Kier alpha value is -2.65. The molecule has 4 aromatic rings. The predicted octanol–water partition coefficient (Wildman–Crippen LogP) is 3.97. The van der Waals surface area contributed by atoms with Crippen molar-refractivity contribution in [1.29, 1.82) is 0 Å². The molecule has 3 aromatic heterocycles. The number of thiophene rings is 1. The normalized spacial score (nSPS) is 16.7. The third-order valence-electron chi connectivity index (χ3n) is 4.75. The molecule has 1 atom stereocenters. The van der Waals surface area contributed by atoms with Crippen LogP contribution in [0.25, 0.3) is 20.4 Å². The average molecular weight is 399 g/mol. The number of amides is 1. The van der Waals surface area contributed by atoms with Crippen LogP contribution in [0.2, 0.25) is 0 Å². The van der Waals surface area contributed by atoms with E-state index >= 15 is 0 Å². The molecule has 9 heteroatoms. The number of benzene rings is 1. The summed E-state index contributed by atoms with van der Waals surface area (Å²) >= 11 is 3.27. The fourth-order valence-electron chi connectivity index (χ4n) is 3.34. The van der Waals surface area contributed by atoms with Crippen molar-refractivity contribution in [3.8, 4) is 10.8 Å². The highest BCUT2D eigenvalue weighted by atomic mass is 32.2. The molecule has 0 spiro atoms. The Morgan fingerprint density at radius 2 is 2.00 bits per heavy atom. The average Bonchev–Trinajstić information content (AvgIpc) is 3.36. The number of halogens is 1. The molecule has 0 N–H and O–H groups in total. The molecule has 6 nitrogen and oxygen atoms in total. The van der Waals surface area contributed by atoms with E-state index in [-0.39, 0.29) is 17.8 Å². The smallest absolute Gasteiger partial charge is 0.254 e. The maximum absolute atomic E-state index is 13.1. The number of fused-ring (bicyclic) bond motifs is 2. The van der Waals surface area contributed by atoms with Crippen molar-refractivity contribution in [3.63, 3.8) is 0 Å². The van der Waals surface area contributed by atoms with Crippen molar-refractivity contribution >= 4 is 38.1 Å². The van der Waals surface area contributed by atoms with Crippen molar-refractivity contribution in [1.82, 2.24) is 24.6 Å². The van der Waals surface area contributed by atoms with E-state index in [4.69, 9.17) is 0 Å². The zero-order chi connectivity index (χ0) is 18.5. The Kier molecular flexibility index (Phi) is 3.80. The van der Waals surface area contributed by atoms with Gasteiger partial charge in [-0.15, -0.1) is 21.5 Å². The number of carbonyl (C=O) groups excluding carboxylic acids is 1. The maximum Gasteiger partial charge on any atom is 0.254 e. The van der Waals surface area contributed by atoms with E-state index in [2.05, 4.69) is 15.2 Å². The number of nitrogens with zero attached hydrogens (tertiary/aromatic N) is 5. The summed E-state index contributed by atoms with van der Waals surface area (Å²) in [5, 5.41) is 11.6. The van der Waals surface area contributed by atoms with E-state index < -0.39 is 0 Å². The molecule has 5 rings (SSSR count). The largest absolute Gasteiger partial charge is 0.327 e. The zero-order valence-corrected chi connectivity index (χ0v) is 15.9. The van der Waals surface area contributed by atoms with Gasteiger partial charge in [0.1, 0.15) is 9.83 Å². The van der Waals surface area contributed by atoms with Gasteiger partial charge in [0.2, 0.25) is 0 Å². The van der Waals surface area contributed by atoms with Gasteiger partial charge in [0.15, 0.2) is 16.7 Å². The lowest BCUT2D eigenvalue weighted by Crippen LogP contribution is -2.41. The number of hydrogen-bond donors (Lipinski definition) is 0. The summed E-state index contributed by atoms with van der Waals surface area (Å²) in [6.45, 7) is 3.07. The second-order valence-electron chi connectivity index (χ2n) is 6.33. The van der Waals surface area contributed by atoms with Crippen molar-refractivity contribution in [3.05, 3.63) is 52.9 Å². The minimum absolute atomic E-state index is 0.131. The van der Waals surface area contributed by atoms with E-state index in [1.165, 1.54) is 28.3 Å². The van der Waals surface area contributed by atoms with Gasteiger partial charge in [0.05, 0.1) is 11.6 Å². The number of rotatable bonds is 2. The first-order chi connectivity index (χ1) is 13.1. The van der Waals surface area contributed by atoms with Gasteiger partial charge in [-0.1, -0.05) is 11.3 Å². The van der Waals surface area contributed by atoms with Crippen LogP contribution in [-0.2, 0) is 6.54 Å². The molecule has 0 saturated carbocycles. The highest BCUT2D eigenvalue weighted by molar-refractivity contribution is 7.38.